The van der Waals surface area contributed by atoms with Gasteiger partial charge < -0.3 is 4.57 Å². The highest BCUT2D eigenvalue weighted by Crippen LogP contribution is 2.33. The standard InChI is InChI=1S/C21H21ClF3N3/c22-17-6-2-1-5-16(17)14-27-11-9-15(10-12-27)13-28-19-8-4-3-7-18(19)26-20(28)21(23,24)25/h1-8,15H,9-14H2. The van der Waals surface area contributed by atoms with Gasteiger partial charge in [-0.15, -0.1) is 0 Å². The summed E-state index contributed by atoms with van der Waals surface area (Å²) < 4.78 is 41.8. The largest absolute Gasteiger partial charge is 0.449 e. The van der Waals surface area contributed by atoms with Crippen molar-refractivity contribution in [2.75, 3.05) is 13.1 Å². The molecule has 0 bridgehead atoms. The predicted octanol–water partition coefficient (Wildman–Crippen LogP) is 5.62. The molecule has 0 atom stereocenters. The smallest absolute Gasteiger partial charge is 0.320 e. The Balaban J connectivity index is 1.46. The van der Waals surface area contributed by atoms with Crippen molar-refractivity contribution in [3.63, 3.8) is 0 Å². The van der Waals surface area contributed by atoms with Gasteiger partial charge in [0.15, 0.2) is 0 Å². The molecule has 1 aliphatic heterocycles. The van der Waals surface area contributed by atoms with Crippen LogP contribution in [0, 0.1) is 5.92 Å². The molecule has 0 saturated carbocycles. The summed E-state index contributed by atoms with van der Waals surface area (Å²) in [7, 11) is 0. The quantitative estimate of drug-likeness (QED) is 0.559. The zero-order valence-electron chi connectivity index (χ0n) is 15.3. The summed E-state index contributed by atoms with van der Waals surface area (Å²) in [4.78, 5) is 6.16. The lowest BCUT2D eigenvalue weighted by atomic mass is 9.96. The molecule has 3 aromatic rings. The van der Waals surface area contributed by atoms with Gasteiger partial charge in [-0.1, -0.05) is 41.9 Å². The summed E-state index contributed by atoms with van der Waals surface area (Å²) in [6.45, 7) is 2.82. The van der Waals surface area contributed by atoms with E-state index in [1.165, 1.54) is 4.57 Å². The van der Waals surface area contributed by atoms with Crippen LogP contribution in [0.15, 0.2) is 48.5 Å². The first kappa shape index (κ1) is 19.3. The van der Waals surface area contributed by atoms with Crippen molar-refractivity contribution in [1.82, 2.24) is 14.5 Å². The molecule has 148 valence electrons. The van der Waals surface area contributed by atoms with E-state index in [9.17, 15) is 13.2 Å². The van der Waals surface area contributed by atoms with Crippen molar-refractivity contribution in [3.8, 4) is 0 Å². The highest BCUT2D eigenvalue weighted by atomic mass is 35.5. The number of imidazole rings is 1. The number of nitrogens with zero attached hydrogens (tertiary/aromatic N) is 3. The maximum Gasteiger partial charge on any atom is 0.449 e. The Morgan fingerprint density at radius 3 is 2.39 bits per heavy atom. The van der Waals surface area contributed by atoms with Crippen molar-refractivity contribution in [1.29, 1.82) is 0 Å². The molecule has 1 aliphatic rings. The van der Waals surface area contributed by atoms with Gasteiger partial charge in [-0.2, -0.15) is 13.2 Å². The molecule has 1 aromatic heterocycles. The van der Waals surface area contributed by atoms with Crippen LogP contribution in [-0.4, -0.2) is 27.5 Å². The van der Waals surface area contributed by atoms with Crippen LogP contribution in [0.5, 0.6) is 0 Å². The second kappa shape index (κ2) is 7.76. The van der Waals surface area contributed by atoms with Gasteiger partial charge in [0.05, 0.1) is 11.0 Å². The SMILES string of the molecule is FC(F)(F)c1nc2ccccc2n1CC1CCN(Cc2ccccc2Cl)CC1. The zero-order valence-corrected chi connectivity index (χ0v) is 16.0. The lowest BCUT2D eigenvalue weighted by molar-refractivity contribution is -0.147. The van der Waals surface area contributed by atoms with Crippen LogP contribution in [0.1, 0.15) is 24.2 Å². The first-order chi connectivity index (χ1) is 13.4. The fourth-order valence-electron chi connectivity index (χ4n) is 3.93. The Labute approximate surface area is 166 Å². The van der Waals surface area contributed by atoms with E-state index in [-0.39, 0.29) is 5.92 Å². The molecular formula is C21H21ClF3N3. The molecule has 0 aliphatic carbocycles. The number of para-hydroxylation sites is 2. The number of piperidine rings is 1. The van der Waals surface area contributed by atoms with Crippen molar-refractivity contribution >= 4 is 22.6 Å². The fraction of sp³-hybridized carbons (Fsp3) is 0.381. The molecule has 0 unspecified atom stereocenters. The molecular weight excluding hydrogens is 387 g/mol. The summed E-state index contributed by atoms with van der Waals surface area (Å²) in [5.74, 6) is -0.603. The average Bonchev–Trinajstić information content (AvgIpc) is 3.04. The molecule has 0 spiro atoms. The Kier molecular flexibility index (Phi) is 5.34. The van der Waals surface area contributed by atoms with Gasteiger partial charge in [-0.3, -0.25) is 4.90 Å². The van der Waals surface area contributed by atoms with Gasteiger partial charge in [0, 0.05) is 18.1 Å². The van der Waals surface area contributed by atoms with Crippen molar-refractivity contribution in [3.05, 3.63) is 64.9 Å². The maximum atomic E-state index is 13.5. The molecule has 7 heteroatoms. The van der Waals surface area contributed by atoms with Crippen LogP contribution in [0.25, 0.3) is 11.0 Å². The third kappa shape index (κ3) is 4.03. The first-order valence-electron chi connectivity index (χ1n) is 9.40. The topological polar surface area (TPSA) is 21.1 Å². The number of rotatable bonds is 4. The van der Waals surface area contributed by atoms with Gasteiger partial charge in [0.1, 0.15) is 0 Å². The molecule has 1 fully saturated rings. The van der Waals surface area contributed by atoms with Crippen LogP contribution in [0.3, 0.4) is 0 Å². The predicted molar refractivity (Wildman–Crippen MR) is 104 cm³/mol. The number of fused-ring (bicyclic) bond motifs is 1. The van der Waals surface area contributed by atoms with E-state index in [0.29, 0.717) is 17.6 Å². The number of benzene rings is 2. The maximum absolute atomic E-state index is 13.5. The van der Waals surface area contributed by atoms with Crippen LogP contribution in [-0.2, 0) is 19.3 Å². The fourth-order valence-corrected chi connectivity index (χ4v) is 4.13. The van der Waals surface area contributed by atoms with Gasteiger partial charge in [0.2, 0.25) is 5.82 Å². The van der Waals surface area contributed by atoms with E-state index in [2.05, 4.69) is 9.88 Å². The lowest BCUT2D eigenvalue weighted by Gasteiger charge is -2.32. The van der Waals surface area contributed by atoms with Crippen LogP contribution >= 0.6 is 11.6 Å². The Morgan fingerprint density at radius 2 is 1.68 bits per heavy atom. The van der Waals surface area contributed by atoms with E-state index in [1.807, 2.05) is 24.3 Å². The molecule has 4 rings (SSSR count). The minimum atomic E-state index is -4.45. The van der Waals surface area contributed by atoms with Crippen molar-refractivity contribution in [2.24, 2.45) is 5.92 Å². The molecule has 0 radical (unpaired) electrons. The molecule has 2 heterocycles. The second-order valence-corrected chi connectivity index (χ2v) is 7.75. The number of hydrogen-bond donors (Lipinski definition) is 0. The van der Waals surface area contributed by atoms with E-state index >= 15 is 0 Å². The van der Waals surface area contributed by atoms with Crippen LogP contribution in [0.4, 0.5) is 13.2 Å². The zero-order chi connectivity index (χ0) is 19.7. The number of likely N-dealkylation sites (tertiary alicyclic amines) is 1. The first-order valence-corrected chi connectivity index (χ1v) is 9.78. The van der Waals surface area contributed by atoms with Crippen LogP contribution in [0.2, 0.25) is 5.02 Å². The molecule has 2 aromatic carbocycles. The van der Waals surface area contributed by atoms with Crippen molar-refractivity contribution < 1.29 is 13.2 Å². The van der Waals surface area contributed by atoms with E-state index in [4.69, 9.17) is 11.6 Å². The third-order valence-corrected chi connectivity index (χ3v) is 5.78. The highest BCUT2D eigenvalue weighted by molar-refractivity contribution is 6.31. The molecule has 1 saturated heterocycles. The molecule has 3 nitrogen and oxygen atoms in total. The average molecular weight is 408 g/mol. The minimum Gasteiger partial charge on any atom is -0.320 e. The van der Waals surface area contributed by atoms with Gasteiger partial charge in [0.25, 0.3) is 0 Å². The summed E-state index contributed by atoms with van der Waals surface area (Å²) >= 11 is 6.24. The summed E-state index contributed by atoms with van der Waals surface area (Å²) in [5, 5.41) is 0.754. The molecule has 0 N–H and O–H groups in total. The van der Waals surface area contributed by atoms with Crippen molar-refractivity contribution in [2.45, 2.75) is 32.1 Å². The minimum absolute atomic E-state index is 0.196. The molecule has 28 heavy (non-hydrogen) atoms. The highest BCUT2D eigenvalue weighted by Gasteiger charge is 2.38. The summed E-state index contributed by atoms with van der Waals surface area (Å²) in [6.07, 6.45) is -2.74. The van der Waals surface area contributed by atoms with Gasteiger partial charge >= 0.3 is 6.18 Å². The number of hydrogen-bond acceptors (Lipinski definition) is 2. The lowest BCUT2D eigenvalue weighted by Crippen LogP contribution is -2.35. The van der Waals surface area contributed by atoms with Gasteiger partial charge in [-0.25, -0.2) is 4.98 Å². The van der Waals surface area contributed by atoms with Gasteiger partial charge in [-0.05, 0) is 55.6 Å². The summed E-state index contributed by atoms with van der Waals surface area (Å²) in [5.41, 5.74) is 2.03. The Bertz CT molecular complexity index is 959. The molecule has 0 amide bonds. The normalized spacial score (nSPS) is 16.7. The summed E-state index contributed by atoms with van der Waals surface area (Å²) in [6, 6.07) is 14.6. The van der Waals surface area contributed by atoms with Crippen LogP contribution < -0.4 is 0 Å². The Morgan fingerprint density at radius 1 is 1.00 bits per heavy atom. The van der Waals surface area contributed by atoms with E-state index in [1.54, 1.807) is 24.3 Å². The number of alkyl halides is 3. The second-order valence-electron chi connectivity index (χ2n) is 7.34. The van der Waals surface area contributed by atoms with E-state index in [0.717, 1.165) is 43.1 Å². The number of halogens is 4. The third-order valence-electron chi connectivity index (χ3n) is 5.41. The monoisotopic (exact) mass is 407 g/mol. The Hall–Kier alpha value is -2.05. The number of aromatic nitrogens is 2. The van der Waals surface area contributed by atoms with E-state index < -0.39 is 12.0 Å².